The van der Waals surface area contributed by atoms with E-state index in [-0.39, 0.29) is 24.3 Å². The number of hydrogen-bond donors (Lipinski definition) is 1. The van der Waals surface area contributed by atoms with Gasteiger partial charge in [0, 0.05) is 17.5 Å². The summed E-state index contributed by atoms with van der Waals surface area (Å²) in [5, 5.41) is 5.23. The highest BCUT2D eigenvalue weighted by Gasteiger charge is 2.33. The number of carbonyl (C=O) groups excluding carboxylic acids is 2. The lowest BCUT2D eigenvalue weighted by molar-refractivity contribution is -0.141. The summed E-state index contributed by atoms with van der Waals surface area (Å²) in [4.78, 5) is 30.3. The van der Waals surface area contributed by atoms with Gasteiger partial charge in [-0.25, -0.2) is 0 Å². The largest absolute Gasteiger partial charge is 0.497 e. The summed E-state index contributed by atoms with van der Waals surface area (Å²) in [5.74, 6) is 1.22. The van der Waals surface area contributed by atoms with E-state index in [0.29, 0.717) is 12.3 Å². The van der Waals surface area contributed by atoms with Crippen molar-refractivity contribution in [1.29, 1.82) is 0 Å². The monoisotopic (exact) mass is 506 g/mol. The molecule has 1 saturated carbocycles. The van der Waals surface area contributed by atoms with Gasteiger partial charge in [0.25, 0.3) is 0 Å². The summed E-state index contributed by atoms with van der Waals surface area (Å²) in [7, 11) is 3.24. The number of nitrogens with one attached hydrogen (secondary N) is 1. The number of amides is 2. The third-order valence-electron chi connectivity index (χ3n) is 6.68. The number of nitrogens with zero attached hydrogens (tertiary/aromatic N) is 1. The summed E-state index contributed by atoms with van der Waals surface area (Å²) < 4.78 is 10.6. The number of thiophene rings is 1. The van der Waals surface area contributed by atoms with E-state index in [9.17, 15) is 9.59 Å². The average Bonchev–Trinajstić information content (AvgIpc) is 3.42. The van der Waals surface area contributed by atoms with Crippen molar-refractivity contribution in [3.63, 3.8) is 0 Å². The molecule has 190 valence electrons. The van der Waals surface area contributed by atoms with Crippen molar-refractivity contribution >= 4 is 23.2 Å². The van der Waals surface area contributed by atoms with Crippen LogP contribution in [-0.4, -0.2) is 37.0 Å². The van der Waals surface area contributed by atoms with E-state index in [0.717, 1.165) is 47.4 Å². The number of methoxy groups -OCH3 is 2. The van der Waals surface area contributed by atoms with Crippen molar-refractivity contribution < 1.29 is 19.1 Å². The molecule has 0 aliphatic heterocycles. The Morgan fingerprint density at radius 3 is 2.17 bits per heavy atom. The van der Waals surface area contributed by atoms with Crippen LogP contribution in [0.15, 0.2) is 66.0 Å². The lowest BCUT2D eigenvalue weighted by Gasteiger charge is -2.33. The van der Waals surface area contributed by atoms with Crippen LogP contribution in [0.2, 0.25) is 0 Å². The maximum Gasteiger partial charge on any atom is 0.247 e. The summed E-state index contributed by atoms with van der Waals surface area (Å²) in [6.45, 7) is 0.309. The van der Waals surface area contributed by atoms with E-state index in [1.165, 1.54) is 6.42 Å². The molecule has 1 aromatic heterocycles. The van der Waals surface area contributed by atoms with Crippen LogP contribution in [-0.2, 0) is 22.6 Å². The van der Waals surface area contributed by atoms with Gasteiger partial charge >= 0.3 is 0 Å². The number of rotatable bonds is 10. The first-order chi connectivity index (χ1) is 17.6. The topological polar surface area (TPSA) is 67.9 Å². The van der Waals surface area contributed by atoms with E-state index in [2.05, 4.69) is 5.32 Å². The normalized spacial score (nSPS) is 14.6. The van der Waals surface area contributed by atoms with Crippen LogP contribution in [0, 0.1) is 0 Å². The highest BCUT2D eigenvalue weighted by Crippen LogP contribution is 2.29. The second-order valence-corrected chi connectivity index (χ2v) is 10.2. The molecule has 0 spiro atoms. The van der Waals surface area contributed by atoms with Crippen LogP contribution < -0.4 is 14.8 Å². The Morgan fingerprint density at radius 1 is 0.944 bits per heavy atom. The molecule has 1 aliphatic rings. The van der Waals surface area contributed by atoms with Crippen molar-refractivity contribution in [1.82, 2.24) is 10.2 Å². The Labute approximate surface area is 217 Å². The van der Waals surface area contributed by atoms with E-state index >= 15 is 0 Å². The lowest BCUT2D eigenvalue weighted by atomic mass is 9.94. The fourth-order valence-electron chi connectivity index (χ4n) is 4.70. The van der Waals surface area contributed by atoms with Gasteiger partial charge in [0.15, 0.2) is 0 Å². The van der Waals surface area contributed by atoms with Gasteiger partial charge < -0.3 is 19.7 Å². The van der Waals surface area contributed by atoms with E-state index < -0.39 is 6.04 Å². The fraction of sp³-hybridized carbons (Fsp3) is 0.379. The maximum absolute atomic E-state index is 13.9. The molecular formula is C29H34N2O4S. The zero-order valence-electron chi connectivity index (χ0n) is 20.9. The first-order valence-corrected chi connectivity index (χ1v) is 13.3. The highest BCUT2D eigenvalue weighted by molar-refractivity contribution is 7.10. The molecular weight excluding hydrogens is 472 g/mol. The molecule has 36 heavy (non-hydrogen) atoms. The second kappa shape index (κ2) is 12.6. The van der Waals surface area contributed by atoms with Crippen LogP contribution in [0.5, 0.6) is 11.5 Å². The average molecular weight is 507 g/mol. The number of carbonyl (C=O) groups is 2. The van der Waals surface area contributed by atoms with E-state index in [1.807, 2.05) is 66.0 Å². The molecule has 1 fully saturated rings. The maximum atomic E-state index is 13.9. The fourth-order valence-corrected chi connectivity index (χ4v) is 5.40. The number of hydrogen-bond acceptors (Lipinski definition) is 5. The molecule has 0 unspecified atom stereocenters. The van der Waals surface area contributed by atoms with Crippen molar-refractivity contribution in [2.75, 3.05) is 14.2 Å². The summed E-state index contributed by atoms with van der Waals surface area (Å²) in [6.07, 6.45) is 5.63. The molecule has 3 aromatic rings. The van der Waals surface area contributed by atoms with Gasteiger partial charge in [0.1, 0.15) is 17.5 Å². The third kappa shape index (κ3) is 6.66. The predicted octanol–water partition coefficient (Wildman–Crippen LogP) is 5.53. The Kier molecular flexibility index (Phi) is 9.01. The molecule has 0 bridgehead atoms. The minimum Gasteiger partial charge on any atom is -0.497 e. The quantitative estimate of drug-likeness (QED) is 0.393. The summed E-state index contributed by atoms with van der Waals surface area (Å²) in [6, 6.07) is 18.3. The van der Waals surface area contributed by atoms with Crippen LogP contribution in [0.25, 0.3) is 0 Å². The number of benzene rings is 2. The molecule has 1 atom stereocenters. The minimum absolute atomic E-state index is 0.0899. The molecule has 0 saturated heterocycles. The van der Waals surface area contributed by atoms with E-state index in [1.54, 1.807) is 30.5 Å². The van der Waals surface area contributed by atoms with Crippen molar-refractivity contribution in [2.24, 2.45) is 0 Å². The molecule has 7 heteroatoms. The molecule has 6 nitrogen and oxygen atoms in total. The zero-order valence-corrected chi connectivity index (χ0v) is 21.8. The smallest absolute Gasteiger partial charge is 0.247 e. The Hall–Kier alpha value is -3.32. The van der Waals surface area contributed by atoms with Gasteiger partial charge in [-0.2, -0.15) is 0 Å². The van der Waals surface area contributed by atoms with Gasteiger partial charge in [-0.1, -0.05) is 49.6 Å². The number of ether oxygens (including phenoxy) is 2. The van der Waals surface area contributed by atoms with Crippen molar-refractivity contribution in [2.45, 2.75) is 57.2 Å². The molecule has 2 aromatic carbocycles. The molecule has 1 heterocycles. The van der Waals surface area contributed by atoms with E-state index in [4.69, 9.17) is 9.47 Å². The minimum atomic E-state index is -0.757. The molecule has 4 rings (SSSR count). The van der Waals surface area contributed by atoms with Crippen LogP contribution in [0.4, 0.5) is 0 Å². The van der Waals surface area contributed by atoms with Gasteiger partial charge in [0.05, 0.1) is 20.6 Å². The summed E-state index contributed by atoms with van der Waals surface area (Å²) in [5.41, 5.74) is 1.69. The van der Waals surface area contributed by atoms with Gasteiger partial charge in [-0.15, -0.1) is 11.3 Å². The van der Waals surface area contributed by atoms with Gasteiger partial charge in [-0.05, 0) is 59.7 Å². The summed E-state index contributed by atoms with van der Waals surface area (Å²) >= 11 is 1.55. The van der Waals surface area contributed by atoms with Crippen molar-refractivity contribution in [3.8, 4) is 11.5 Å². The molecule has 2 amide bonds. The highest BCUT2D eigenvalue weighted by atomic mass is 32.1. The van der Waals surface area contributed by atoms with Crippen molar-refractivity contribution in [3.05, 3.63) is 82.0 Å². The predicted molar refractivity (Wildman–Crippen MR) is 142 cm³/mol. The SMILES string of the molecule is COc1ccc(CN(C(=O)Cc2cccs2)[C@H](C(=O)NC2CCCCC2)c2ccc(OC)cc2)cc1. The second-order valence-electron chi connectivity index (χ2n) is 9.15. The molecule has 1 N–H and O–H groups in total. The van der Waals surface area contributed by atoms with Crippen LogP contribution >= 0.6 is 11.3 Å². The molecule has 1 aliphatic carbocycles. The third-order valence-corrected chi connectivity index (χ3v) is 7.56. The molecule has 0 radical (unpaired) electrons. The Balaban J connectivity index is 1.68. The van der Waals surface area contributed by atoms with Gasteiger partial charge in [0.2, 0.25) is 11.8 Å². The van der Waals surface area contributed by atoms with Gasteiger partial charge in [-0.3, -0.25) is 9.59 Å². The first kappa shape index (κ1) is 25.8. The first-order valence-electron chi connectivity index (χ1n) is 12.5. The van der Waals surface area contributed by atoms with Crippen LogP contribution in [0.1, 0.15) is 54.1 Å². The lowest BCUT2D eigenvalue weighted by Crippen LogP contribution is -2.47. The Bertz CT molecular complexity index is 1110. The van der Waals surface area contributed by atoms with Crippen LogP contribution in [0.3, 0.4) is 0 Å². The zero-order chi connectivity index (χ0) is 25.3. The Morgan fingerprint density at radius 2 is 1.58 bits per heavy atom. The standard InChI is InChI=1S/C29H34N2O4S/c1-34-24-14-10-21(11-15-24)20-31(27(32)19-26-9-6-18-36-26)28(22-12-16-25(35-2)17-13-22)29(33)30-23-7-4-3-5-8-23/h6,9-18,23,28H,3-5,7-8,19-20H2,1-2H3,(H,30,33)/t28-/m0/s1.